The molecule has 0 aliphatic carbocycles. The molecule has 0 saturated carbocycles. The molecule has 3 nitrogen and oxygen atoms in total. The van der Waals surface area contributed by atoms with Gasteiger partial charge < -0.3 is 10.6 Å². The van der Waals surface area contributed by atoms with E-state index in [0.717, 1.165) is 12.1 Å². The number of carbonyl (C=O) groups excluding carboxylic acids is 1. The van der Waals surface area contributed by atoms with Crippen molar-refractivity contribution in [2.45, 2.75) is 20.3 Å². The van der Waals surface area contributed by atoms with Crippen LogP contribution in [0.1, 0.15) is 18.1 Å². The van der Waals surface area contributed by atoms with Crippen molar-refractivity contribution in [1.29, 1.82) is 0 Å². The Morgan fingerprint density at radius 1 is 1.47 bits per heavy atom. The summed E-state index contributed by atoms with van der Waals surface area (Å²) in [5.41, 5.74) is 3.48. The Balaban J connectivity index is 2.62. The molecule has 0 radical (unpaired) electrons. The van der Waals surface area contributed by atoms with Gasteiger partial charge in [0.25, 0.3) is 0 Å². The summed E-state index contributed by atoms with van der Waals surface area (Å²) in [4.78, 5) is 11.5. The van der Waals surface area contributed by atoms with E-state index in [0.29, 0.717) is 13.1 Å². The van der Waals surface area contributed by atoms with Crippen LogP contribution in [-0.2, 0) is 11.2 Å². The van der Waals surface area contributed by atoms with E-state index in [1.54, 1.807) is 6.08 Å². The highest BCUT2D eigenvalue weighted by Crippen LogP contribution is 2.20. The van der Waals surface area contributed by atoms with Crippen molar-refractivity contribution in [2.75, 3.05) is 18.4 Å². The molecule has 0 heterocycles. The lowest BCUT2D eigenvalue weighted by molar-refractivity contribution is -0.119. The third-order valence-electron chi connectivity index (χ3n) is 2.61. The van der Waals surface area contributed by atoms with Crippen molar-refractivity contribution in [2.24, 2.45) is 0 Å². The molecule has 1 aromatic carbocycles. The van der Waals surface area contributed by atoms with E-state index in [1.807, 2.05) is 19.1 Å². The Morgan fingerprint density at radius 2 is 2.24 bits per heavy atom. The molecule has 17 heavy (non-hydrogen) atoms. The minimum atomic E-state index is -0.0183. The standard InChI is InChI=1S/C14H20N2O/c1-4-9-15-13(17)10-16-14-11(3)7-6-8-12(14)5-2/h4,6-8,16H,1,5,9-10H2,2-3H3,(H,15,17). The topological polar surface area (TPSA) is 41.1 Å². The zero-order chi connectivity index (χ0) is 12.7. The molecule has 1 aromatic rings. The molecule has 0 saturated heterocycles. The predicted molar refractivity (Wildman–Crippen MR) is 72.3 cm³/mol. The van der Waals surface area contributed by atoms with Crippen LogP contribution in [0.5, 0.6) is 0 Å². The fraction of sp³-hybridized carbons (Fsp3) is 0.357. The Morgan fingerprint density at radius 3 is 2.88 bits per heavy atom. The average Bonchev–Trinajstić information content (AvgIpc) is 2.34. The fourth-order valence-electron chi connectivity index (χ4n) is 1.69. The molecule has 0 aromatic heterocycles. The molecule has 3 heteroatoms. The second-order valence-corrected chi connectivity index (χ2v) is 3.91. The van der Waals surface area contributed by atoms with Crippen molar-refractivity contribution in [3.63, 3.8) is 0 Å². The highest BCUT2D eigenvalue weighted by Gasteiger charge is 2.05. The first-order valence-electron chi connectivity index (χ1n) is 5.89. The molecule has 0 unspecified atom stereocenters. The molecule has 1 rings (SSSR count). The SMILES string of the molecule is C=CCNC(=O)CNc1c(C)cccc1CC. The van der Waals surface area contributed by atoms with Gasteiger partial charge in [0.15, 0.2) is 0 Å². The van der Waals surface area contributed by atoms with Gasteiger partial charge in [-0.1, -0.05) is 31.2 Å². The van der Waals surface area contributed by atoms with Crippen LogP contribution in [0.15, 0.2) is 30.9 Å². The van der Waals surface area contributed by atoms with Crippen LogP contribution in [-0.4, -0.2) is 19.0 Å². The highest BCUT2D eigenvalue weighted by molar-refractivity contribution is 5.81. The van der Waals surface area contributed by atoms with Crippen LogP contribution in [0.25, 0.3) is 0 Å². The van der Waals surface area contributed by atoms with Gasteiger partial charge in [-0.25, -0.2) is 0 Å². The normalized spacial score (nSPS) is 9.76. The summed E-state index contributed by atoms with van der Waals surface area (Å²) in [5, 5.41) is 5.93. The third-order valence-corrected chi connectivity index (χ3v) is 2.61. The number of benzene rings is 1. The molecule has 0 fully saturated rings. The molecule has 0 atom stereocenters. The molecule has 2 N–H and O–H groups in total. The summed E-state index contributed by atoms with van der Waals surface area (Å²) in [6, 6.07) is 6.16. The zero-order valence-electron chi connectivity index (χ0n) is 10.5. The quantitative estimate of drug-likeness (QED) is 0.739. The lowest BCUT2D eigenvalue weighted by atomic mass is 10.1. The highest BCUT2D eigenvalue weighted by atomic mass is 16.1. The van der Waals surface area contributed by atoms with Crippen molar-refractivity contribution in [1.82, 2.24) is 5.32 Å². The summed E-state index contributed by atoms with van der Waals surface area (Å²) in [5.74, 6) is -0.0183. The summed E-state index contributed by atoms with van der Waals surface area (Å²) in [7, 11) is 0. The zero-order valence-corrected chi connectivity index (χ0v) is 10.5. The van der Waals surface area contributed by atoms with Gasteiger partial charge in [-0.15, -0.1) is 6.58 Å². The molecule has 92 valence electrons. The third kappa shape index (κ3) is 3.94. The van der Waals surface area contributed by atoms with E-state index in [4.69, 9.17) is 0 Å². The number of anilines is 1. The maximum atomic E-state index is 11.5. The van der Waals surface area contributed by atoms with Gasteiger partial charge in [-0.05, 0) is 24.5 Å². The van der Waals surface area contributed by atoms with Crippen LogP contribution >= 0.6 is 0 Å². The van der Waals surface area contributed by atoms with E-state index in [1.165, 1.54) is 11.1 Å². The Bertz CT molecular complexity index is 399. The maximum Gasteiger partial charge on any atom is 0.239 e. The number of hydrogen-bond donors (Lipinski definition) is 2. The average molecular weight is 232 g/mol. The molecule has 1 amide bonds. The van der Waals surface area contributed by atoms with Gasteiger partial charge >= 0.3 is 0 Å². The van der Waals surface area contributed by atoms with Gasteiger partial charge in [0.1, 0.15) is 0 Å². The van der Waals surface area contributed by atoms with E-state index in [-0.39, 0.29) is 5.91 Å². The number of rotatable bonds is 6. The van der Waals surface area contributed by atoms with Crippen molar-refractivity contribution < 1.29 is 4.79 Å². The van der Waals surface area contributed by atoms with Gasteiger partial charge in [0, 0.05) is 12.2 Å². The number of carbonyl (C=O) groups is 1. The molecular weight excluding hydrogens is 212 g/mol. The minimum Gasteiger partial charge on any atom is -0.376 e. The maximum absolute atomic E-state index is 11.5. The lowest BCUT2D eigenvalue weighted by Gasteiger charge is -2.13. The number of amides is 1. The van der Waals surface area contributed by atoms with Gasteiger partial charge in [0.2, 0.25) is 5.91 Å². The number of para-hydroxylation sites is 1. The van der Waals surface area contributed by atoms with Gasteiger partial charge in [-0.3, -0.25) is 4.79 Å². The van der Waals surface area contributed by atoms with E-state index in [9.17, 15) is 4.79 Å². The number of nitrogens with one attached hydrogen (secondary N) is 2. The lowest BCUT2D eigenvalue weighted by Crippen LogP contribution is -2.30. The van der Waals surface area contributed by atoms with Gasteiger partial charge in [0.05, 0.1) is 6.54 Å². The molecular formula is C14H20N2O. The van der Waals surface area contributed by atoms with Crippen LogP contribution in [0.2, 0.25) is 0 Å². The second-order valence-electron chi connectivity index (χ2n) is 3.91. The van der Waals surface area contributed by atoms with Gasteiger partial charge in [-0.2, -0.15) is 0 Å². The first-order valence-corrected chi connectivity index (χ1v) is 5.89. The number of hydrogen-bond acceptors (Lipinski definition) is 2. The fourth-order valence-corrected chi connectivity index (χ4v) is 1.69. The Hall–Kier alpha value is -1.77. The first kappa shape index (κ1) is 13.3. The largest absolute Gasteiger partial charge is 0.376 e. The van der Waals surface area contributed by atoms with E-state index >= 15 is 0 Å². The van der Waals surface area contributed by atoms with Crippen molar-refractivity contribution in [3.05, 3.63) is 42.0 Å². The summed E-state index contributed by atoms with van der Waals surface area (Å²) in [6.07, 6.45) is 2.63. The molecule has 0 spiro atoms. The number of aryl methyl sites for hydroxylation is 2. The predicted octanol–water partition coefficient (Wildman–Crippen LogP) is 2.27. The van der Waals surface area contributed by atoms with E-state index < -0.39 is 0 Å². The Labute approximate surface area is 103 Å². The minimum absolute atomic E-state index is 0.0183. The summed E-state index contributed by atoms with van der Waals surface area (Å²) >= 11 is 0. The summed E-state index contributed by atoms with van der Waals surface area (Å²) in [6.45, 7) is 8.52. The molecule has 0 aliphatic heterocycles. The van der Waals surface area contributed by atoms with Crippen LogP contribution in [0.3, 0.4) is 0 Å². The van der Waals surface area contributed by atoms with Crippen LogP contribution < -0.4 is 10.6 Å². The molecule has 0 bridgehead atoms. The molecule has 0 aliphatic rings. The Kier molecular flexibility index (Phi) is 5.27. The smallest absolute Gasteiger partial charge is 0.239 e. The van der Waals surface area contributed by atoms with E-state index in [2.05, 4.69) is 30.2 Å². The second kappa shape index (κ2) is 6.74. The first-order chi connectivity index (χ1) is 8.19. The van der Waals surface area contributed by atoms with Crippen LogP contribution in [0, 0.1) is 6.92 Å². The van der Waals surface area contributed by atoms with Crippen LogP contribution in [0.4, 0.5) is 5.69 Å². The monoisotopic (exact) mass is 232 g/mol. The van der Waals surface area contributed by atoms with Crippen molar-refractivity contribution >= 4 is 11.6 Å². The van der Waals surface area contributed by atoms with Crippen molar-refractivity contribution in [3.8, 4) is 0 Å². The summed E-state index contributed by atoms with van der Waals surface area (Å²) < 4.78 is 0.